The number of carbonyl (C=O) groups excluding carboxylic acids is 2. The first kappa shape index (κ1) is 24.8. The van der Waals surface area contributed by atoms with Gasteiger partial charge in [0.15, 0.2) is 5.13 Å². The van der Waals surface area contributed by atoms with Crippen LogP contribution in [0.25, 0.3) is 0 Å². The number of thiazole rings is 1. The lowest BCUT2D eigenvalue weighted by Gasteiger charge is -2.43. The molecular weight excluding hydrogens is 517 g/mol. The molecular formula is C24H22Cl3N3O3S. The van der Waals surface area contributed by atoms with Crippen molar-refractivity contribution in [2.24, 2.45) is 0 Å². The molecule has 1 saturated heterocycles. The number of halogens is 3. The monoisotopic (exact) mass is 537 g/mol. The first-order chi connectivity index (χ1) is 16.3. The lowest BCUT2D eigenvalue weighted by atomic mass is 9.85. The van der Waals surface area contributed by atoms with Gasteiger partial charge in [0.2, 0.25) is 0 Å². The normalized spacial score (nSPS) is 18.0. The summed E-state index contributed by atoms with van der Waals surface area (Å²) in [5.74, 6) is -0.550. The molecule has 0 spiro atoms. The summed E-state index contributed by atoms with van der Waals surface area (Å²) in [5.41, 5.74) is 1.55. The van der Waals surface area contributed by atoms with Crippen molar-refractivity contribution >= 4 is 63.1 Å². The summed E-state index contributed by atoms with van der Waals surface area (Å²) >= 11 is 19.8. The third-order valence-corrected chi connectivity index (χ3v) is 8.04. The van der Waals surface area contributed by atoms with Crippen molar-refractivity contribution in [2.75, 3.05) is 32.1 Å². The van der Waals surface area contributed by atoms with Gasteiger partial charge in [0.25, 0.3) is 5.91 Å². The lowest BCUT2D eigenvalue weighted by Crippen LogP contribution is -2.50. The molecule has 1 aliphatic heterocycles. The molecule has 4 rings (SSSR count). The number of carbonyl (C=O) groups is 2. The summed E-state index contributed by atoms with van der Waals surface area (Å²) < 4.78 is 4.81. The van der Waals surface area contributed by atoms with Crippen LogP contribution in [-0.2, 0) is 4.74 Å². The number of aromatic nitrogens is 1. The molecule has 1 aliphatic rings. The fourth-order valence-corrected chi connectivity index (χ4v) is 5.50. The molecule has 34 heavy (non-hydrogen) atoms. The van der Waals surface area contributed by atoms with E-state index in [9.17, 15) is 9.59 Å². The molecule has 2 unspecified atom stereocenters. The fraction of sp³-hybridized carbons (Fsp3) is 0.292. The van der Waals surface area contributed by atoms with Gasteiger partial charge >= 0.3 is 5.97 Å². The summed E-state index contributed by atoms with van der Waals surface area (Å²) in [6.45, 7) is 1.27. The Kier molecular flexibility index (Phi) is 7.67. The maximum Gasteiger partial charge on any atom is 0.349 e. The number of methoxy groups -OCH3 is 1. The Morgan fingerprint density at radius 3 is 2.53 bits per heavy atom. The quantitative estimate of drug-likeness (QED) is 0.372. The zero-order valence-corrected chi connectivity index (χ0v) is 21.6. The molecule has 2 atom stereocenters. The molecule has 0 bridgehead atoms. The molecule has 1 aromatic heterocycles. The van der Waals surface area contributed by atoms with Crippen LogP contribution in [0.1, 0.15) is 37.9 Å². The van der Waals surface area contributed by atoms with Crippen LogP contribution in [0.5, 0.6) is 0 Å². The lowest BCUT2D eigenvalue weighted by molar-refractivity contribution is 0.0605. The number of nitrogens with zero attached hydrogens (tertiary/aromatic N) is 3. The molecule has 178 valence electrons. The number of amides is 1. The van der Waals surface area contributed by atoms with Crippen molar-refractivity contribution in [2.45, 2.75) is 18.4 Å². The molecule has 0 radical (unpaired) electrons. The molecule has 2 heterocycles. The van der Waals surface area contributed by atoms with Crippen LogP contribution in [0.15, 0.2) is 48.7 Å². The molecule has 6 nitrogen and oxygen atoms in total. The summed E-state index contributed by atoms with van der Waals surface area (Å²) in [5, 5.41) is 2.25. The smallest absolute Gasteiger partial charge is 0.349 e. The van der Waals surface area contributed by atoms with Crippen LogP contribution in [0.4, 0.5) is 5.13 Å². The summed E-state index contributed by atoms with van der Waals surface area (Å²) in [6.07, 6.45) is 2.23. The molecule has 1 amide bonds. The highest BCUT2D eigenvalue weighted by Crippen LogP contribution is 2.37. The first-order valence-electron chi connectivity index (χ1n) is 10.5. The Balaban J connectivity index is 1.63. The van der Waals surface area contributed by atoms with Gasteiger partial charge in [-0.25, -0.2) is 9.78 Å². The number of hydrogen-bond acceptors (Lipinski definition) is 6. The van der Waals surface area contributed by atoms with Crippen LogP contribution in [-0.4, -0.2) is 55.0 Å². The Hall–Kier alpha value is -2.32. The van der Waals surface area contributed by atoms with Crippen molar-refractivity contribution in [3.8, 4) is 0 Å². The average Bonchev–Trinajstić information content (AvgIpc) is 3.35. The first-order valence-corrected chi connectivity index (χ1v) is 12.5. The molecule has 1 fully saturated rings. The van der Waals surface area contributed by atoms with Crippen LogP contribution >= 0.6 is 46.1 Å². The van der Waals surface area contributed by atoms with Crippen LogP contribution in [0.3, 0.4) is 0 Å². The molecule has 0 aliphatic carbocycles. The Bertz CT molecular complexity index is 1200. The predicted octanol–water partition coefficient (Wildman–Crippen LogP) is 6.02. The van der Waals surface area contributed by atoms with Crippen molar-refractivity contribution in [1.29, 1.82) is 0 Å². The Labute approximate surface area is 217 Å². The van der Waals surface area contributed by atoms with Gasteiger partial charge in [0, 0.05) is 42.7 Å². The third kappa shape index (κ3) is 5.18. The Morgan fingerprint density at radius 1 is 1.12 bits per heavy atom. The van der Waals surface area contributed by atoms with Crippen LogP contribution in [0, 0.1) is 0 Å². The molecule has 0 saturated carbocycles. The average molecular weight is 539 g/mol. The summed E-state index contributed by atoms with van der Waals surface area (Å²) in [7, 11) is 3.17. The zero-order valence-electron chi connectivity index (χ0n) is 18.5. The van der Waals surface area contributed by atoms with E-state index in [0.29, 0.717) is 45.0 Å². The number of anilines is 1. The van der Waals surface area contributed by atoms with E-state index in [2.05, 4.69) is 9.88 Å². The zero-order chi connectivity index (χ0) is 24.4. The van der Waals surface area contributed by atoms with Gasteiger partial charge in [-0.2, -0.15) is 0 Å². The van der Waals surface area contributed by atoms with E-state index >= 15 is 0 Å². The summed E-state index contributed by atoms with van der Waals surface area (Å²) in [6, 6.07) is 12.4. The number of piperidine rings is 1. The standard InChI is InChI=1S/C24H22Cl3N3O3S/c1-29(22(31)14-3-6-16(25)7-4-14)20-9-10-30(24-28-12-21(34-24)23(32)33-2)13-17(20)15-5-8-18(26)19(27)11-15/h3-8,11-12,17,20H,9-10,13H2,1-2H3. The minimum atomic E-state index is -0.409. The van der Waals surface area contributed by atoms with E-state index in [-0.39, 0.29) is 17.9 Å². The molecule has 2 aromatic carbocycles. The second-order valence-corrected chi connectivity index (χ2v) is 10.3. The minimum Gasteiger partial charge on any atom is -0.465 e. The van der Waals surface area contributed by atoms with Gasteiger partial charge in [-0.3, -0.25) is 4.79 Å². The number of esters is 1. The van der Waals surface area contributed by atoms with Gasteiger partial charge < -0.3 is 14.5 Å². The van der Waals surface area contributed by atoms with Crippen molar-refractivity contribution in [3.05, 3.63) is 79.7 Å². The van der Waals surface area contributed by atoms with Crippen molar-refractivity contribution in [1.82, 2.24) is 9.88 Å². The number of rotatable bonds is 5. The second-order valence-electron chi connectivity index (χ2n) is 8.00. The Morgan fingerprint density at radius 2 is 1.85 bits per heavy atom. The molecule has 0 N–H and O–H groups in total. The summed E-state index contributed by atoms with van der Waals surface area (Å²) in [4.78, 5) is 34.0. The largest absolute Gasteiger partial charge is 0.465 e. The van der Waals surface area contributed by atoms with Crippen molar-refractivity contribution < 1.29 is 14.3 Å². The van der Waals surface area contributed by atoms with Gasteiger partial charge in [-0.15, -0.1) is 0 Å². The molecule has 10 heteroatoms. The number of hydrogen-bond donors (Lipinski definition) is 0. The highest BCUT2D eigenvalue weighted by Gasteiger charge is 2.36. The maximum absolute atomic E-state index is 13.3. The number of ether oxygens (including phenoxy) is 1. The maximum atomic E-state index is 13.3. The SMILES string of the molecule is COC(=O)c1cnc(N2CCC(N(C)C(=O)c3ccc(Cl)cc3)C(c3ccc(Cl)c(Cl)c3)C2)s1. The van der Waals surface area contributed by atoms with Crippen LogP contribution in [0.2, 0.25) is 15.1 Å². The van der Waals surface area contributed by atoms with Crippen molar-refractivity contribution in [3.63, 3.8) is 0 Å². The van der Waals surface area contributed by atoms with Gasteiger partial charge in [-0.05, 0) is 48.4 Å². The number of likely N-dealkylation sites (N-methyl/N-ethyl adjacent to an activating group) is 1. The van der Waals surface area contributed by atoms with E-state index in [4.69, 9.17) is 39.5 Å². The van der Waals surface area contributed by atoms with E-state index in [1.54, 1.807) is 35.2 Å². The fourth-order valence-electron chi connectivity index (χ4n) is 4.20. The highest BCUT2D eigenvalue weighted by molar-refractivity contribution is 7.17. The third-order valence-electron chi connectivity index (χ3n) is 6.01. The van der Waals surface area contributed by atoms with Gasteiger partial charge in [0.1, 0.15) is 4.88 Å². The van der Waals surface area contributed by atoms with E-state index < -0.39 is 5.97 Å². The van der Waals surface area contributed by atoms with Crippen LogP contribution < -0.4 is 4.90 Å². The van der Waals surface area contributed by atoms with Gasteiger partial charge in [0.05, 0.1) is 23.4 Å². The highest BCUT2D eigenvalue weighted by atomic mass is 35.5. The number of benzene rings is 2. The van der Waals surface area contributed by atoms with E-state index in [1.807, 2.05) is 19.2 Å². The topological polar surface area (TPSA) is 62.7 Å². The predicted molar refractivity (Wildman–Crippen MR) is 137 cm³/mol. The minimum absolute atomic E-state index is 0.0600. The van der Waals surface area contributed by atoms with E-state index in [0.717, 1.165) is 10.7 Å². The van der Waals surface area contributed by atoms with E-state index in [1.165, 1.54) is 24.6 Å². The molecule has 3 aromatic rings. The second kappa shape index (κ2) is 10.5. The van der Waals surface area contributed by atoms with Gasteiger partial charge in [-0.1, -0.05) is 52.2 Å².